The maximum atomic E-state index is 12.3. The van der Waals surface area contributed by atoms with Crippen molar-refractivity contribution in [2.45, 2.75) is 46.9 Å². The van der Waals surface area contributed by atoms with Crippen LogP contribution in [0.25, 0.3) is 0 Å². The molecule has 0 saturated heterocycles. The number of ether oxygens (including phenoxy) is 2. The van der Waals surface area contributed by atoms with Gasteiger partial charge in [-0.3, -0.25) is 9.59 Å². The maximum absolute atomic E-state index is 12.3. The van der Waals surface area contributed by atoms with E-state index in [0.29, 0.717) is 16.3 Å². The zero-order chi connectivity index (χ0) is 21.6. The molecule has 1 atom stereocenters. The zero-order valence-electron chi connectivity index (χ0n) is 17.0. The molecule has 2 rings (SSSR count). The van der Waals surface area contributed by atoms with Gasteiger partial charge in [0.05, 0.1) is 12.2 Å². The van der Waals surface area contributed by atoms with Crippen molar-refractivity contribution in [1.82, 2.24) is 9.88 Å². The summed E-state index contributed by atoms with van der Waals surface area (Å²) in [5.74, 6) is -1.44. The van der Waals surface area contributed by atoms with Gasteiger partial charge in [-0.15, -0.1) is 0 Å². The summed E-state index contributed by atoms with van der Waals surface area (Å²) in [6.45, 7) is 7.13. The van der Waals surface area contributed by atoms with Crippen LogP contribution in [0.4, 0.5) is 0 Å². The number of aromatic nitrogens is 1. The summed E-state index contributed by atoms with van der Waals surface area (Å²) in [5.41, 5.74) is 2.50. The van der Waals surface area contributed by atoms with Crippen molar-refractivity contribution in [3.63, 3.8) is 0 Å². The molecule has 0 bridgehead atoms. The second-order valence-corrected chi connectivity index (χ2v) is 6.94. The van der Waals surface area contributed by atoms with E-state index in [0.717, 1.165) is 11.3 Å². The van der Waals surface area contributed by atoms with Crippen molar-refractivity contribution >= 4 is 29.4 Å². The number of esters is 2. The quantitative estimate of drug-likeness (QED) is 0.663. The van der Waals surface area contributed by atoms with Gasteiger partial charge in [-0.25, -0.2) is 4.79 Å². The highest BCUT2D eigenvalue weighted by molar-refractivity contribution is 6.31. The fourth-order valence-corrected chi connectivity index (χ4v) is 3.05. The Morgan fingerprint density at radius 1 is 1.21 bits per heavy atom. The highest BCUT2D eigenvalue weighted by Crippen LogP contribution is 2.17. The number of nitrogens with one attached hydrogen (secondary N) is 1. The SMILES string of the molecule is CCOC(=O)c1cc(C)n(CC(=O)O[C@@H](C)C(=O)NCc2ccccc2Cl)c1C. The first kappa shape index (κ1) is 22.5. The molecule has 0 unspecified atom stereocenters. The highest BCUT2D eigenvalue weighted by Gasteiger charge is 2.21. The van der Waals surface area contributed by atoms with E-state index in [1.165, 1.54) is 6.92 Å². The Bertz CT molecular complexity index is 906. The lowest BCUT2D eigenvalue weighted by Gasteiger charge is -2.15. The van der Waals surface area contributed by atoms with Gasteiger partial charge in [0.15, 0.2) is 6.10 Å². The minimum Gasteiger partial charge on any atom is -0.462 e. The summed E-state index contributed by atoms with van der Waals surface area (Å²) in [6.07, 6.45) is -0.967. The Hall–Kier alpha value is -2.80. The van der Waals surface area contributed by atoms with Crippen molar-refractivity contribution in [3.8, 4) is 0 Å². The Morgan fingerprint density at radius 3 is 2.55 bits per heavy atom. The summed E-state index contributed by atoms with van der Waals surface area (Å²) in [7, 11) is 0. The minimum absolute atomic E-state index is 0.112. The number of nitrogens with zero attached hydrogens (tertiary/aromatic N) is 1. The molecule has 1 amide bonds. The predicted molar refractivity (Wildman–Crippen MR) is 109 cm³/mol. The van der Waals surface area contributed by atoms with Gasteiger partial charge in [0.1, 0.15) is 6.54 Å². The molecule has 1 aromatic heterocycles. The predicted octanol–water partition coefficient (Wildman–Crippen LogP) is 3.18. The number of amides is 1. The fraction of sp³-hybridized carbons (Fsp3) is 0.381. The van der Waals surface area contributed by atoms with Gasteiger partial charge in [-0.1, -0.05) is 29.8 Å². The summed E-state index contributed by atoms with van der Waals surface area (Å²) < 4.78 is 11.9. The van der Waals surface area contributed by atoms with Crippen LogP contribution in [-0.4, -0.2) is 35.1 Å². The number of aryl methyl sites for hydroxylation is 1. The van der Waals surface area contributed by atoms with Gasteiger partial charge in [-0.05, 0) is 45.4 Å². The normalized spacial score (nSPS) is 11.6. The largest absolute Gasteiger partial charge is 0.462 e. The topological polar surface area (TPSA) is 86.6 Å². The molecule has 0 aliphatic carbocycles. The molecule has 29 heavy (non-hydrogen) atoms. The van der Waals surface area contributed by atoms with Gasteiger partial charge in [0.25, 0.3) is 5.91 Å². The molecule has 0 aliphatic heterocycles. The van der Waals surface area contributed by atoms with Crippen molar-refractivity contribution in [3.05, 3.63) is 57.9 Å². The maximum Gasteiger partial charge on any atom is 0.339 e. The van der Waals surface area contributed by atoms with Crippen molar-refractivity contribution < 1.29 is 23.9 Å². The lowest BCUT2D eigenvalue weighted by atomic mass is 10.2. The second kappa shape index (κ2) is 10.1. The van der Waals surface area contributed by atoms with Gasteiger partial charge < -0.3 is 19.4 Å². The molecule has 1 aromatic carbocycles. The number of halogens is 1. The first-order valence-electron chi connectivity index (χ1n) is 9.29. The van der Waals surface area contributed by atoms with E-state index in [1.807, 2.05) is 6.07 Å². The molecule has 0 saturated carbocycles. The number of hydrogen-bond acceptors (Lipinski definition) is 5. The number of carbonyl (C=O) groups is 3. The van der Waals surface area contributed by atoms with E-state index in [9.17, 15) is 14.4 Å². The monoisotopic (exact) mass is 420 g/mol. The molecule has 0 fully saturated rings. The van der Waals surface area contributed by atoms with E-state index in [4.69, 9.17) is 21.1 Å². The molecule has 156 valence electrons. The molecule has 2 aromatic rings. The molecule has 0 aliphatic rings. The molecule has 1 N–H and O–H groups in total. The summed E-state index contributed by atoms with van der Waals surface area (Å²) in [4.78, 5) is 36.5. The van der Waals surface area contributed by atoms with Crippen LogP contribution in [0.1, 0.15) is 41.2 Å². The Balaban J connectivity index is 1.94. The van der Waals surface area contributed by atoms with Crippen molar-refractivity contribution in [2.24, 2.45) is 0 Å². The average Bonchev–Trinajstić information content (AvgIpc) is 2.95. The van der Waals surface area contributed by atoms with Crippen LogP contribution < -0.4 is 5.32 Å². The van der Waals surface area contributed by atoms with E-state index >= 15 is 0 Å². The molecule has 0 radical (unpaired) electrons. The van der Waals surface area contributed by atoms with Gasteiger partial charge in [0, 0.05) is 23.0 Å². The number of benzene rings is 1. The summed E-state index contributed by atoms with van der Waals surface area (Å²) in [6, 6.07) is 8.83. The van der Waals surface area contributed by atoms with Crippen LogP contribution in [0.2, 0.25) is 5.02 Å². The van der Waals surface area contributed by atoms with Crippen LogP contribution >= 0.6 is 11.6 Å². The van der Waals surface area contributed by atoms with Crippen LogP contribution in [-0.2, 0) is 32.2 Å². The summed E-state index contributed by atoms with van der Waals surface area (Å²) in [5, 5.41) is 3.25. The molecular formula is C21H25ClN2O5. The van der Waals surface area contributed by atoms with E-state index in [2.05, 4.69) is 5.32 Å². The number of carbonyl (C=O) groups excluding carboxylic acids is 3. The third-order valence-corrected chi connectivity index (χ3v) is 4.81. The first-order chi connectivity index (χ1) is 13.7. The molecule has 0 spiro atoms. The van der Waals surface area contributed by atoms with E-state index in [1.54, 1.807) is 49.6 Å². The number of hydrogen-bond donors (Lipinski definition) is 1. The minimum atomic E-state index is -0.967. The van der Waals surface area contributed by atoms with Crippen LogP contribution in [0.15, 0.2) is 30.3 Å². The Labute approximate surface area is 174 Å². The zero-order valence-corrected chi connectivity index (χ0v) is 17.7. The highest BCUT2D eigenvalue weighted by atomic mass is 35.5. The van der Waals surface area contributed by atoms with Crippen LogP contribution in [0, 0.1) is 13.8 Å². The fourth-order valence-electron chi connectivity index (χ4n) is 2.84. The molecule has 8 heteroatoms. The van der Waals surface area contributed by atoms with Gasteiger partial charge in [-0.2, -0.15) is 0 Å². The molecule has 1 heterocycles. The second-order valence-electron chi connectivity index (χ2n) is 6.53. The third kappa shape index (κ3) is 5.84. The van der Waals surface area contributed by atoms with E-state index in [-0.39, 0.29) is 19.7 Å². The Morgan fingerprint density at radius 2 is 1.90 bits per heavy atom. The lowest BCUT2D eigenvalue weighted by Crippen LogP contribution is -2.36. The first-order valence-corrected chi connectivity index (χ1v) is 9.66. The van der Waals surface area contributed by atoms with Crippen molar-refractivity contribution in [2.75, 3.05) is 6.61 Å². The lowest BCUT2D eigenvalue weighted by molar-refractivity contribution is -0.155. The van der Waals surface area contributed by atoms with Crippen LogP contribution in [0.5, 0.6) is 0 Å². The number of rotatable bonds is 8. The standard InChI is InChI=1S/C21H25ClN2O5/c1-5-28-21(27)17-10-13(2)24(14(17)3)12-19(25)29-15(4)20(26)23-11-16-8-6-7-9-18(16)22/h6-10,15H,5,11-12H2,1-4H3,(H,23,26)/t15-/m0/s1. The van der Waals surface area contributed by atoms with Crippen LogP contribution in [0.3, 0.4) is 0 Å². The third-order valence-electron chi connectivity index (χ3n) is 4.44. The van der Waals surface area contributed by atoms with Gasteiger partial charge in [0.2, 0.25) is 0 Å². The van der Waals surface area contributed by atoms with E-state index < -0.39 is 23.9 Å². The smallest absolute Gasteiger partial charge is 0.339 e. The molecule has 7 nitrogen and oxygen atoms in total. The van der Waals surface area contributed by atoms with Crippen molar-refractivity contribution in [1.29, 1.82) is 0 Å². The van der Waals surface area contributed by atoms with Gasteiger partial charge >= 0.3 is 11.9 Å². The Kier molecular flexibility index (Phi) is 7.84. The average molecular weight is 421 g/mol. The molecular weight excluding hydrogens is 396 g/mol. The summed E-state index contributed by atoms with van der Waals surface area (Å²) >= 11 is 6.06.